The monoisotopic (exact) mass is 446 g/mol. The fraction of sp³-hybridized carbons (Fsp3) is 0.350. The summed E-state index contributed by atoms with van der Waals surface area (Å²) in [6, 6.07) is 6.84. The number of nitrogens with zero attached hydrogens (tertiary/aromatic N) is 1. The smallest absolute Gasteiger partial charge is 0.0740 e. The minimum absolute atomic E-state index is 1.04. The zero-order valence-electron chi connectivity index (χ0n) is 13.8. The Morgan fingerprint density at radius 3 is 2.50 bits per heavy atom. The Morgan fingerprint density at radius 1 is 0.958 bits per heavy atom. The van der Waals surface area contributed by atoms with Crippen molar-refractivity contribution in [3.63, 3.8) is 0 Å². The van der Waals surface area contributed by atoms with Crippen LogP contribution in [-0.2, 0) is 12.8 Å². The summed E-state index contributed by atoms with van der Waals surface area (Å²) in [6.45, 7) is 4.29. The molecule has 4 heteroatoms. The third-order valence-corrected chi connectivity index (χ3v) is 6.02. The average molecular weight is 448 g/mol. The molecule has 1 aliphatic heterocycles. The van der Waals surface area contributed by atoms with Crippen molar-refractivity contribution >= 4 is 37.4 Å². The van der Waals surface area contributed by atoms with E-state index in [1.807, 2.05) is 6.20 Å². The van der Waals surface area contributed by atoms with Crippen molar-refractivity contribution in [2.75, 3.05) is 13.1 Å². The largest absolute Gasteiger partial charge is 0.316 e. The van der Waals surface area contributed by atoms with E-state index in [9.17, 15) is 0 Å². The summed E-state index contributed by atoms with van der Waals surface area (Å²) in [5.41, 5.74) is 9.57. The van der Waals surface area contributed by atoms with E-state index >= 15 is 0 Å². The molecule has 2 aliphatic rings. The molecule has 2 aromatic rings. The lowest BCUT2D eigenvalue weighted by Crippen LogP contribution is -2.24. The molecule has 0 unspecified atom stereocenters. The SMILES string of the molecule is Cc1cc(Br)c2c(c1)CCc1cc(Br)cnc1C2=C1CCNCC1. The molecule has 2 heterocycles. The molecule has 0 spiro atoms. The number of benzene rings is 1. The first kappa shape index (κ1) is 16.5. The summed E-state index contributed by atoms with van der Waals surface area (Å²) in [4.78, 5) is 4.85. The lowest BCUT2D eigenvalue weighted by Gasteiger charge is -2.23. The van der Waals surface area contributed by atoms with Crippen molar-refractivity contribution in [3.05, 3.63) is 66.9 Å². The molecule has 4 rings (SSSR count). The van der Waals surface area contributed by atoms with Crippen LogP contribution in [0.5, 0.6) is 0 Å². The lowest BCUT2D eigenvalue weighted by molar-refractivity contribution is 0.611. The van der Waals surface area contributed by atoms with Gasteiger partial charge in [0.1, 0.15) is 0 Å². The Balaban J connectivity index is 2.02. The van der Waals surface area contributed by atoms with E-state index in [0.29, 0.717) is 0 Å². The van der Waals surface area contributed by atoms with Crippen LogP contribution in [0.2, 0.25) is 0 Å². The first-order valence-electron chi connectivity index (χ1n) is 8.50. The van der Waals surface area contributed by atoms with Gasteiger partial charge in [-0.3, -0.25) is 4.98 Å². The van der Waals surface area contributed by atoms with Crippen LogP contribution in [0, 0.1) is 6.92 Å². The topological polar surface area (TPSA) is 24.9 Å². The van der Waals surface area contributed by atoms with Crippen LogP contribution < -0.4 is 5.32 Å². The molecule has 24 heavy (non-hydrogen) atoms. The Morgan fingerprint density at radius 2 is 1.71 bits per heavy atom. The summed E-state index contributed by atoms with van der Waals surface area (Å²) in [5, 5.41) is 3.48. The van der Waals surface area contributed by atoms with Crippen LogP contribution in [0.15, 0.2) is 38.9 Å². The maximum atomic E-state index is 4.85. The fourth-order valence-corrected chi connectivity index (χ4v) is 5.09. The van der Waals surface area contributed by atoms with Gasteiger partial charge in [0.05, 0.1) is 5.69 Å². The minimum Gasteiger partial charge on any atom is -0.316 e. The van der Waals surface area contributed by atoms with Crippen LogP contribution in [0.25, 0.3) is 5.57 Å². The van der Waals surface area contributed by atoms with E-state index in [0.717, 1.165) is 43.2 Å². The molecule has 1 aromatic heterocycles. The van der Waals surface area contributed by atoms with Crippen LogP contribution >= 0.6 is 31.9 Å². The van der Waals surface area contributed by atoms with Crippen LogP contribution in [0.4, 0.5) is 0 Å². The summed E-state index contributed by atoms with van der Waals surface area (Å²) < 4.78 is 2.27. The van der Waals surface area contributed by atoms with E-state index in [1.54, 1.807) is 0 Å². The predicted octanol–water partition coefficient (Wildman–Crippen LogP) is 5.20. The van der Waals surface area contributed by atoms with Crippen molar-refractivity contribution in [1.82, 2.24) is 10.3 Å². The molecule has 1 fully saturated rings. The Hall–Kier alpha value is -0.970. The molecule has 1 aliphatic carbocycles. The van der Waals surface area contributed by atoms with Gasteiger partial charge in [0.15, 0.2) is 0 Å². The first-order valence-corrected chi connectivity index (χ1v) is 10.1. The maximum absolute atomic E-state index is 4.85. The summed E-state index contributed by atoms with van der Waals surface area (Å²) in [7, 11) is 0. The normalized spacial score (nSPS) is 17.3. The number of hydrogen-bond acceptors (Lipinski definition) is 2. The zero-order valence-corrected chi connectivity index (χ0v) is 16.9. The van der Waals surface area contributed by atoms with Crippen LogP contribution in [0.1, 0.15) is 40.8 Å². The van der Waals surface area contributed by atoms with E-state index in [4.69, 9.17) is 4.98 Å². The number of fused-ring (bicyclic) bond motifs is 2. The van der Waals surface area contributed by atoms with Gasteiger partial charge < -0.3 is 5.32 Å². The molecule has 1 N–H and O–H groups in total. The minimum atomic E-state index is 1.04. The number of nitrogens with one attached hydrogen (secondary N) is 1. The molecular formula is C20H20Br2N2. The quantitative estimate of drug-likeness (QED) is 0.600. The van der Waals surface area contributed by atoms with Gasteiger partial charge in [-0.25, -0.2) is 0 Å². The van der Waals surface area contributed by atoms with Crippen molar-refractivity contribution in [2.45, 2.75) is 32.6 Å². The van der Waals surface area contributed by atoms with Crippen molar-refractivity contribution in [3.8, 4) is 0 Å². The highest BCUT2D eigenvalue weighted by atomic mass is 79.9. The van der Waals surface area contributed by atoms with Gasteiger partial charge in [0.25, 0.3) is 0 Å². The van der Waals surface area contributed by atoms with E-state index in [1.165, 1.54) is 43.6 Å². The third-order valence-electron chi connectivity index (χ3n) is 4.96. The summed E-state index contributed by atoms with van der Waals surface area (Å²) in [6.07, 6.45) is 6.25. The van der Waals surface area contributed by atoms with Crippen molar-refractivity contribution in [2.24, 2.45) is 0 Å². The summed E-state index contributed by atoms with van der Waals surface area (Å²) >= 11 is 7.45. The van der Waals surface area contributed by atoms with E-state index < -0.39 is 0 Å². The lowest BCUT2D eigenvalue weighted by atomic mass is 9.88. The standard InChI is InChI=1S/C20H20Br2N2/c1-12-8-14-2-3-15-10-16(21)11-24-20(15)19(18(14)17(22)9-12)13-4-6-23-7-5-13/h8-11,23H,2-7H2,1H3. The molecule has 0 bridgehead atoms. The molecule has 1 aromatic carbocycles. The van der Waals surface area contributed by atoms with Gasteiger partial charge in [-0.1, -0.05) is 27.6 Å². The maximum Gasteiger partial charge on any atom is 0.0740 e. The zero-order chi connectivity index (χ0) is 16.7. The second-order valence-electron chi connectivity index (χ2n) is 6.67. The number of piperidine rings is 1. The number of aryl methyl sites for hydroxylation is 3. The molecule has 0 atom stereocenters. The molecule has 124 valence electrons. The van der Waals surface area contributed by atoms with Gasteiger partial charge >= 0.3 is 0 Å². The Bertz CT molecular complexity index is 832. The molecule has 2 nitrogen and oxygen atoms in total. The second kappa shape index (κ2) is 6.74. The number of pyridine rings is 1. The van der Waals surface area contributed by atoms with Gasteiger partial charge in [0, 0.05) is 26.3 Å². The number of halogens is 2. The van der Waals surface area contributed by atoms with Gasteiger partial charge in [-0.15, -0.1) is 0 Å². The van der Waals surface area contributed by atoms with E-state index in [-0.39, 0.29) is 0 Å². The number of hydrogen-bond donors (Lipinski definition) is 1. The van der Waals surface area contributed by atoms with E-state index in [2.05, 4.69) is 62.3 Å². The van der Waals surface area contributed by atoms with Crippen molar-refractivity contribution < 1.29 is 0 Å². The second-order valence-corrected chi connectivity index (χ2v) is 8.44. The highest BCUT2D eigenvalue weighted by Crippen LogP contribution is 2.41. The number of rotatable bonds is 0. The highest BCUT2D eigenvalue weighted by Gasteiger charge is 2.25. The van der Waals surface area contributed by atoms with Gasteiger partial charge in [-0.2, -0.15) is 0 Å². The van der Waals surface area contributed by atoms with Crippen LogP contribution in [0.3, 0.4) is 0 Å². The fourth-order valence-electron chi connectivity index (χ4n) is 3.90. The molecule has 0 radical (unpaired) electrons. The Kier molecular flexibility index (Phi) is 4.63. The van der Waals surface area contributed by atoms with Gasteiger partial charge in [0.2, 0.25) is 0 Å². The molecule has 1 saturated heterocycles. The summed E-state index contributed by atoms with van der Waals surface area (Å²) in [5.74, 6) is 0. The average Bonchev–Trinajstić information content (AvgIpc) is 2.72. The predicted molar refractivity (Wildman–Crippen MR) is 106 cm³/mol. The molecule has 0 amide bonds. The first-order chi connectivity index (χ1) is 11.6. The number of aromatic nitrogens is 1. The highest BCUT2D eigenvalue weighted by molar-refractivity contribution is 9.10. The molecular weight excluding hydrogens is 428 g/mol. The third kappa shape index (κ3) is 3.00. The molecule has 0 saturated carbocycles. The van der Waals surface area contributed by atoms with Crippen LogP contribution in [-0.4, -0.2) is 18.1 Å². The Labute approximate surface area is 160 Å². The van der Waals surface area contributed by atoms with Crippen molar-refractivity contribution in [1.29, 1.82) is 0 Å². The van der Waals surface area contributed by atoms with Gasteiger partial charge in [-0.05, 0) is 90.4 Å².